The lowest BCUT2D eigenvalue weighted by Crippen LogP contribution is -2.27. The van der Waals surface area contributed by atoms with Gasteiger partial charge in [0.25, 0.3) is 5.56 Å². The standard InChI is InChI=1S/C19H26N4O2/c1-2-14-5-6-15(25-14)13-22-11-7-16-17(8-12-22)20-19(21-18(16)24)23-9-3-4-10-23/h5-6H,2-4,7-13H2,1H3,(H,20,21,24). The van der Waals surface area contributed by atoms with E-state index in [1.165, 1.54) is 12.8 Å². The van der Waals surface area contributed by atoms with E-state index in [1.807, 2.05) is 0 Å². The Morgan fingerprint density at radius 1 is 1.12 bits per heavy atom. The lowest BCUT2D eigenvalue weighted by Gasteiger charge is -2.18. The molecule has 6 nitrogen and oxygen atoms in total. The Morgan fingerprint density at radius 2 is 1.88 bits per heavy atom. The van der Waals surface area contributed by atoms with Crippen molar-refractivity contribution in [3.05, 3.63) is 45.3 Å². The fourth-order valence-electron chi connectivity index (χ4n) is 3.80. The summed E-state index contributed by atoms with van der Waals surface area (Å²) in [6, 6.07) is 4.11. The van der Waals surface area contributed by atoms with Gasteiger partial charge in [0.15, 0.2) is 0 Å². The average Bonchev–Trinajstić information content (AvgIpc) is 3.26. The molecule has 0 atom stereocenters. The third-order valence-electron chi connectivity index (χ3n) is 5.28. The van der Waals surface area contributed by atoms with Gasteiger partial charge in [-0.05, 0) is 31.4 Å². The van der Waals surface area contributed by atoms with Crippen LogP contribution in [-0.2, 0) is 25.8 Å². The molecule has 1 fully saturated rings. The van der Waals surface area contributed by atoms with Crippen LogP contribution in [0.4, 0.5) is 5.95 Å². The maximum atomic E-state index is 12.5. The third kappa shape index (κ3) is 3.49. The van der Waals surface area contributed by atoms with Gasteiger partial charge in [0.05, 0.1) is 12.2 Å². The molecule has 2 aromatic heterocycles. The van der Waals surface area contributed by atoms with E-state index >= 15 is 0 Å². The molecule has 0 saturated carbocycles. The Morgan fingerprint density at radius 3 is 2.64 bits per heavy atom. The molecule has 4 heterocycles. The molecule has 0 bridgehead atoms. The van der Waals surface area contributed by atoms with Crippen LogP contribution in [0.5, 0.6) is 0 Å². The molecule has 0 amide bonds. The highest BCUT2D eigenvalue weighted by atomic mass is 16.3. The number of aromatic nitrogens is 2. The van der Waals surface area contributed by atoms with E-state index < -0.39 is 0 Å². The average molecular weight is 342 g/mol. The first-order valence-corrected chi connectivity index (χ1v) is 9.40. The number of hydrogen-bond donors (Lipinski definition) is 1. The van der Waals surface area contributed by atoms with Crippen molar-refractivity contribution in [3.63, 3.8) is 0 Å². The van der Waals surface area contributed by atoms with E-state index in [-0.39, 0.29) is 5.56 Å². The highest BCUT2D eigenvalue weighted by Gasteiger charge is 2.22. The number of nitrogens with one attached hydrogen (secondary N) is 1. The van der Waals surface area contributed by atoms with E-state index in [0.717, 1.165) is 80.7 Å². The van der Waals surface area contributed by atoms with E-state index in [4.69, 9.17) is 9.40 Å². The van der Waals surface area contributed by atoms with Gasteiger partial charge in [-0.1, -0.05) is 6.92 Å². The lowest BCUT2D eigenvalue weighted by atomic mass is 10.1. The monoisotopic (exact) mass is 342 g/mol. The first-order chi connectivity index (χ1) is 12.2. The molecular formula is C19H26N4O2. The lowest BCUT2D eigenvalue weighted by molar-refractivity contribution is 0.252. The second-order valence-corrected chi connectivity index (χ2v) is 7.01. The van der Waals surface area contributed by atoms with Crippen LogP contribution in [0.3, 0.4) is 0 Å². The van der Waals surface area contributed by atoms with Crippen LogP contribution in [0.25, 0.3) is 0 Å². The molecule has 0 aliphatic carbocycles. The normalized spacial score (nSPS) is 18.4. The quantitative estimate of drug-likeness (QED) is 0.922. The van der Waals surface area contributed by atoms with Crippen molar-refractivity contribution in [1.29, 1.82) is 0 Å². The molecule has 6 heteroatoms. The van der Waals surface area contributed by atoms with Crippen LogP contribution in [-0.4, -0.2) is 41.0 Å². The summed E-state index contributed by atoms with van der Waals surface area (Å²) < 4.78 is 5.83. The summed E-state index contributed by atoms with van der Waals surface area (Å²) in [5.74, 6) is 2.79. The molecule has 0 spiro atoms. The molecule has 0 unspecified atom stereocenters. The number of aromatic amines is 1. The number of H-pyrrole nitrogens is 1. The molecule has 0 radical (unpaired) electrons. The van der Waals surface area contributed by atoms with Crippen LogP contribution in [0.1, 0.15) is 42.5 Å². The Hall–Kier alpha value is -2.08. The first kappa shape index (κ1) is 16.4. The van der Waals surface area contributed by atoms with Crippen LogP contribution >= 0.6 is 0 Å². The number of furan rings is 1. The van der Waals surface area contributed by atoms with Crippen molar-refractivity contribution in [3.8, 4) is 0 Å². The molecule has 2 aromatic rings. The maximum Gasteiger partial charge on any atom is 0.255 e. The summed E-state index contributed by atoms with van der Waals surface area (Å²) in [5.41, 5.74) is 1.88. The van der Waals surface area contributed by atoms with E-state index in [9.17, 15) is 4.79 Å². The zero-order valence-corrected chi connectivity index (χ0v) is 14.9. The van der Waals surface area contributed by atoms with Crippen molar-refractivity contribution in [2.75, 3.05) is 31.1 Å². The Labute approximate surface area is 147 Å². The molecular weight excluding hydrogens is 316 g/mol. The molecule has 1 N–H and O–H groups in total. The predicted molar refractivity (Wildman–Crippen MR) is 97.1 cm³/mol. The number of hydrogen-bond acceptors (Lipinski definition) is 5. The number of nitrogens with zero attached hydrogens (tertiary/aromatic N) is 3. The van der Waals surface area contributed by atoms with Crippen molar-refractivity contribution in [1.82, 2.24) is 14.9 Å². The summed E-state index contributed by atoms with van der Waals surface area (Å²) in [7, 11) is 0. The number of fused-ring (bicyclic) bond motifs is 1. The van der Waals surface area contributed by atoms with Gasteiger partial charge in [-0.25, -0.2) is 4.98 Å². The van der Waals surface area contributed by atoms with Crippen molar-refractivity contribution < 1.29 is 4.42 Å². The fourth-order valence-corrected chi connectivity index (χ4v) is 3.80. The smallest absolute Gasteiger partial charge is 0.255 e. The van der Waals surface area contributed by atoms with Crippen LogP contribution < -0.4 is 10.5 Å². The fraction of sp³-hybridized carbons (Fsp3) is 0.579. The van der Waals surface area contributed by atoms with Crippen molar-refractivity contribution in [2.24, 2.45) is 0 Å². The second-order valence-electron chi connectivity index (χ2n) is 7.01. The second kappa shape index (κ2) is 7.04. The highest BCUT2D eigenvalue weighted by Crippen LogP contribution is 2.19. The van der Waals surface area contributed by atoms with Crippen molar-refractivity contribution >= 4 is 5.95 Å². The van der Waals surface area contributed by atoms with Crippen molar-refractivity contribution in [2.45, 2.75) is 45.6 Å². The molecule has 2 aliphatic heterocycles. The molecule has 134 valence electrons. The van der Waals surface area contributed by atoms with Crippen LogP contribution in [0.15, 0.2) is 21.3 Å². The zero-order chi connectivity index (χ0) is 17.2. The summed E-state index contributed by atoms with van der Waals surface area (Å²) in [5, 5.41) is 0. The van der Waals surface area contributed by atoms with Gasteiger partial charge in [0, 0.05) is 44.6 Å². The summed E-state index contributed by atoms with van der Waals surface area (Å²) >= 11 is 0. The predicted octanol–water partition coefficient (Wildman–Crippen LogP) is 2.13. The van der Waals surface area contributed by atoms with Gasteiger partial charge in [0.2, 0.25) is 5.95 Å². The Kier molecular flexibility index (Phi) is 4.61. The summed E-state index contributed by atoms with van der Waals surface area (Å²) in [6.45, 7) is 6.65. The number of anilines is 1. The molecule has 1 saturated heterocycles. The topological polar surface area (TPSA) is 65.4 Å². The van der Waals surface area contributed by atoms with E-state index in [2.05, 4.69) is 33.8 Å². The molecule has 4 rings (SSSR count). The maximum absolute atomic E-state index is 12.5. The highest BCUT2D eigenvalue weighted by molar-refractivity contribution is 5.35. The van der Waals surface area contributed by atoms with E-state index in [0.29, 0.717) is 0 Å². The van der Waals surface area contributed by atoms with Crippen LogP contribution in [0.2, 0.25) is 0 Å². The molecule has 0 aromatic carbocycles. The molecule has 25 heavy (non-hydrogen) atoms. The Bertz CT molecular complexity index is 789. The molecule has 2 aliphatic rings. The number of rotatable bonds is 4. The minimum atomic E-state index is 0.0417. The minimum Gasteiger partial charge on any atom is -0.465 e. The van der Waals surface area contributed by atoms with Gasteiger partial charge in [-0.15, -0.1) is 0 Å². The first-order valence-electron chi connectivity index (χ1n) is 9.40. The third-order valence-corrected chi connectivity index (χ3v) is 5.28. The largest absolute Gasteiger partial charge is 0.465 e. The van der Waals surface area contributed by atoms with Gasteiger partial charge in [-0.3, -0.25) is 14.7 Å². The van der Waals surface area contributed by atoms with E-state index in [1.54, 1.807) is 0 Å². The van der Waals surface area contributed by atoms with Gasteiger partial charge in [0.1, 0.15) is 11.5 Å². The Balaban J connectivity index is 1.49. The number of aryl methyl sites for hydroxylation is 1. The SMILES string of the molecule is CCc1ccc(CN2CCc3nc(N4CCCC4)[nH]c(=O)c3CC2)o1. The van der Waals surface area contributed by atoms with Crippen LogP contribution in [0, 0.1) is 0 Å². The zero-order valence-electron chi connectivity index (χ0n) is 14.9. The van der Waals surface area contributed by atoms with Gasteiger partial charge >= 0.3 is 0 Å². The van der Waals surface area contributed by atoms with Gasteiger partial charge < -0.3 is 9.32 Å². The summed E-state index contributed by atoms with van der Waals surface area (Å²) in [6.07, 6.45) is 4.85. The summed E-state index contributed by atoms with van der Waals surface area (Å²) in [4.78, 5) is 24.9. The van der Waals surface area contributed by atoms with Gasteiger partial charge in [-0.2, -0.15) is 0 Å². The minimum absolute atomic E-state index is 0.0417.